The maximum atomic E-state index is 13.6. The fourth-order valence-electron chi connectivity index (χ4n) is 3.06. The molecule has 144 valence electrons. The standard InChI is InChI=1S/C19H23F2N5O/c1-13-24-17(12-18(25-13)26-9-3-2-4-10-26)22-7-8-23-19(27)15-6-5-14(20)11-16(15)21/h5-6,11-12H,2-4,7-10H2,1H3,(H,23,27)(H,22,24,25). The van der Waals surface area contributed by atoms with Crippen molar-refractivity contribution >= 4 is 17.5 Å². The Morgan fingerprint density at radius 1 is 1.11 bits per heavy atom. The second-order valence-corrected chi connectivity index (χ2v) is 6.51. The van der Waals surface area contributed by atoms with Gasteiger partial charge in [-0.2, -0.15) is 0 Å². The van der Waals surface area contributed by atoms with E-state index in [0.717, 1.165) is 43.9 Å². The van der Waals surface area contributed by atoms with E-state index in [-0.39, 0.29) is 12.1 Å². The van der Waals surface area contributed by atoms with E-state index >= 15 is 0 Å². The third-order valence-electron chi connectivity index (χ3n) is 4.40. The molecular weight excluding hydrogens is 352 g/mol. The Morgan fingerprint density at radius 2 is 1.89 bits per heavy atom. The molecule has 1 saturated heterocycles. The van der Waals surface area contributed by atoms with Gasteiger partial charge in [0.2, 0.25) is 0 Å². The Labute approximate surface area is 157 Å². The number of amides is 1. The van der Waals surface area contributed by atoms with E-state index in [1.54, 1.807) is 0 Å². The van der Waals surface area contributed by atoms with Crippen molar-refractivity contribution in [1.29, 1.82) is 0 Å². The van der Waals surface area contributed by atoms with Crippen LogP contribution < -0.4 is 15.5 Å². The molecule has 2 heterocycles. The van der Waals surface area contributed by atoms with Crippen LogP contribution in [0.4, 0.5) is 20.4 Å². The molecule has 0 bridgehead atoms. The van der Waals surface area contributed by atoms with Crippen LogP contribution in [-0.4, -0.2) is 42.1 Å². The van der Waals surface area contributed by atoms with Crippen LogP contribution in [0, 0.1) is 18.6 Å². The zero-order valence-electron chi connectivity index (χ0n) is 15.3. The van der Waals surface area contributed by atoms with Crippen molar-refractivity contribution in [2.45, 2.75) is 26.2 Å². The van der Waals surface area contributed by atoms with E-state index < -0.39 is 17.5 Å². The molecule has 27 heavy (non-hydrogen) atoms. The number of anilines is 2. The number of benzene rings is 1. The summed E-state index contributed by atoms with van der Waals surface area (Å²) in [6.45, 7) is 4.53. The van der Waals surface area contributed by atoms with Crippen LogP contribution in [-0.2, 0) is 0 Å². The Kier molecular flexibility index (Phi) is 6.16. The summed E-state index contributed by atoms with van der Waals surface area (Å²) in [5.74, 6) is 0.0972. The molecule has 1 aliphatic heterocycles. The van der Waals surface area contributed by atoms with Crippen molar-refractivity contribution in [1.82, 2.24) is 15.3 Å². The van der Waals surface area contributed by atoms with Crippen LogP contribution in [0.25, 0.3) is 0 Å². The SMILES string of the molecule is Cc1nc(NCCNC(=O)c2ccc(F)cc2F)cc(N2CCCCC2)n1. The van der Waals surface area contributed by atoms with E-state index in [0.29, 0.717) is 24.3 Å². The molecule has 0 saturated carbocycles. The fourth-order valence-corrected chi connectivity index (χ4v) is 3.06. The van der Waals surface area contributed by atoms with Gasteiger partial charge in [0, 0.05) is 38.3 Å². The number of nitrogens with zero attached hydrogens (tertiary/aromatic N) is 3. The van der Waals surface area contributed by atoms with Gasteiger partial charge in [0.1, 0.15) is 29.1 Å². The maximum Gasteiger partial charge on any atom is 0.254 e. The summed E-state index contributed by atoms with van der Waals surface area (Å²) in [6, 6.07) is 4.78. The molecule has 1 amide bonds. The number of aryl methyl sites for hydroxylation is 1. The van der Waals surface area contributed by atoms with Crippen molar-refractivity contribution < 1.29 is 13.6 Å². The van der Waals surface area contributed by atoms with Gasteiger partial charge in [-0.1, -0.05) is 0 Å². The van der Waals surface area contributed by atoms with Gasteiger partial charge < -0.3 is 15.5 Å². The first-order valence-corrected chi connectivity index (χ1v) is 9.11. The maximum absolute atomic E-state index is 13.6. The third kappa shape index (κ3) is 5.12. The second kappa shape index (κ2) is 8.75. The normalized spacial score (nSPS) is 14.1. The molecule has 6 nitrogen and oxygen atoms in total. The molecule has 0 radical (unpaired) electrons. The molecule has 0 spiro atoms. The van der Waals surface area contributed by atoms with E-state index in [2.05, 4.69) is 25.5 Å². The number of hydrogen-bond donors (Lipinski definition) is 2. The topological polar surface area (TPSA) is 70.2 Å². The average Bonchev–Trinajstić information content (AvgIpc) is 2.65. The van der Waals surface area contributed by atoms with Crippen molar-refractivity contribution in [3.8, 4) is 0 Å². The highest BCUT2D eigenvalue weighted by Gasteiger charge is 2.14. The van der Waals surface area contributed by atoms with Gasteiger partial charge in [-0.3, -0.25) is 4.79 Å². The van der Waals surface area contributed by atoms with Gasteiger partial charge in [-0.05, 0) is 38.3 Å². The van der Waals surface area contributed by atoms with Crippen molar-refractivity contribution in [3.63, 3.8) is 0 Å². The average molecular weight is 375 g/mol. The molecule has 8 heteroatoms. The number of carbonyl (C=O) groups excluding carboxylic acids is 1. The van der Waals surface area contributed by atoms with Crippen LogP contribution in [0.15, 0.2) is 24.3 Å². The first kappa shape index (κ1) is 19.0. The summed E-state index contributed by atoms with van der Waals surface area (Å²) in [7, 11) is 0. The largest absolute Gasteiger partial charge is 0.368 e. The second-order valence-electron chi connectivity index (χ2n) is 6.51. The molecular formula is C19H23F2N5O. The third-order valence-corrected chi connectivity index (χ3v) is 4.40. The minimum absolute atomic E-state index is 0.179. The highest BCUT2D eigenvalue weighted by atomic mass is 19.1. The number of halogens is 2. The lowest BCUT2D eigenvalue weighted by Crippen LogP contribution is -2.31. The van der Waals surface area contributed by atoms with Gasteiger partial charge in [0.15, 0.2) is 0 Å². The zero-order chi connectivity index (χ0) is 19.2. The van der Waals surface area contributed by atoms with Crippen LogP contribution in [0.5, 0.6) is 0 Å². The summed E-state index contributed by atoms with van der Waals surface area (Å²) in [5, 5.41) is 5.75. The number of nitrogens with one attached hydrogen (secondary N) is 2. The monoisotopic (exact) mass is 375 g/mol. The predicted molar refractivity (Wildman–Crippen MR) is 100 cm³/mol. The highest BCUT2D eigenvalue weighted by Crippen LogP contribution is 2.20. The number of piperidine rings is 1. The number of rotatable bonds is 6. The lowest BCUT2D eigenvalue weighted by molar-refractivity contribution is 0.0951. The molecule has 1 aromatic heterocycles. The lowest BCUT2D eigenvalue weighted by atomic mass is 10.1. The Balaban J connectivity index is 1.52. The molecule has 1 aromatic carbocycles. The quantitative estimate of drug-likeness (QED) is 0.760. The van der Waals surface area contributed by atoms with E-state index in [9.17, 15) is 13.6 Å². The van der Waals surface area contributed by atoms with Gasteiger partial charge in [-0.25, -0.2) is 18.7 Å². The molecule has 0 atom stereocenters. The molecule has 2 N–H and O–H groups in total. The molecule has 1 aliphatic rings. The van der Waals surface area contributed by atoms with Crippen LogP contribution in [0.1, 0.15) is 35.4 Å². The summed E-state index contributed by atoms with van der Waals surface area (Å²) >= 11 is 0. The minimum atomic E-state index is -0.877. The van der Waals surface area contributed by atoms with Crippen molar-refractivity contribution in [2.75, 3.05) is 36.4 Å². The smallest absolute Gasteiger partial charge is 0.254 e. The van der Waals surface area contributed by atoms with E-state index in [1.165, 1.54) is 6.42 Å². The number of aromatic nitrogens is 2. The van der Waals surface area contributed by atoms with Crippen LogP contribution in [0.2, 0.25) is 0 Å². The summed E-state index contributed by atoms with van der Waals surface area (Å²) in [4.78, 5) is 23.1. The Morgan fingerprint density at radius 3 is 2.63 bits per heavy atom. The molecule has 1 fully saturated rings. The highest BCUT2D eigenvalue weighted by molar-refractivity contribution is 5.94. The molecule has 0 aliphatic carbocycles. The molecule has 3 rings (SSSR count). The Bertz CT molecular complexity index is 809. The van der Waals surface area contributed by atoms with Crippen LogP contribution in [0.3, 0.4) is 0 Å². The predicted octanol–water partition coefficient (Wildman–Crippen LogP) is 2.90. The van der Waals surface area contributed by atoms with Gasteiger partial charge in [0.25, 0.3) is 5.91 Å². The van der Waals surface area contributed by atoms with Crippen LogP contribution >= 0.6 is 0 Å². The summed E-state index contributed by atoms with van der Waals surface area (Å²) < 4.78 is 26.5. The van der Waals surface area contributed by atoms with Gasteiger partial charge in [-0.15, -0.1) is 0 Å². The van der Waals surface area contributed by atoms with Gasteiger partial charge >= 0.3 is 0 Å². The zero-order valence-corrected chi connectivity index (χ0v) is 15.3. The lowest BCUT2D eigenvalue weighted by Gasteiger charge is -2.28. The fraction of sp³-hybridized carbons (Fsp3) is 0.421. The summed E-state index contributed by atoms with van der Waals surface area (Å²) in [5.41, 5.74) is -0.179. The molecule has 2 aromatic rings. The van der Waals surface area contributed by atoms with Crippen molar-refractivity contribution in [2.24, 2.45) is 0 Å². The van der Waals surface area contributed by atoms with Crippen molar-refractivity contribution in [3.05, 3.63) is 47.3 Å². The van der Waals surface area contributed by atoms with E-state index in [1.807, 2.05) is 13.0 Å². The van der Waals surface area contributed by atoms with E-state index in [4.69, 9.17) is 0 Å². The minimum Gasteiger partial charge on any atom is -0.368 e. The molecule has 0 unspecified atom stereocenters. The van der Waals surface area contributed by atoms with Gasteiger partial charge in [0.05, 0.1) is 5.56 Å². The Hall–Kier alpha value is -2.77. The first-order valence-electron chi connectivity index (χ1n) is 9.11. The number of hydrogen-bond acceptors (Lipinski definition) is 5. The summed E-state index contributed by atoms with van der Waals surface area (Å²) in [6.07, 6.45) is 3.58. The first-order chi connectivity index (χ1) is 13.0. The number of carbonyl (C=O) groups is 1.